The van der Waals surface area contributed by atoms with Gasteiger partial charge in [-0.25, -0.2) is 23.1 Å². The van der Waals surface area contributed by atoms with Crippen LogP contribution in [0.15, 0.2) is 35.4 Å². The van der Waals surface area contributed by atoms with Crippen molar-refractivity contribution in [2.45, 2.75) is 11.8 Å². The van der Waals surface area contributed by atoms with Crippen molar-refractivity contribution in [2.75, 3.05) is 5.48 Å². The van der Waals surface area contributed by atoms with Crippen LogP contribution in [0, 0.1) is 12.7 Å². The Bertz CT molecular complexity index is 833. The van der Waals surface area contributed by atoms with Crippen LogP contribution >= 0.6 is 10.7 Å². The summed E-state index contributed by atoms with van der Waals surface area (Å²) in [5, 5.41) is 0. The maximum atomic E-state index is 13.1. The lowest BCUT2D eigenvalue weighted by Gasteiger charge is -2.08. The van der Waals surface area contributed by atoms with E-state index in [1.807, 2.05) is 0 Å². The molecule has 0 bridgehead atoms. The van der Waals surface area contributed by atoms with Gasteiger partial charge in [0.15, 0.2) is 0 Å². The fraction of sp³-hybridized carbons (Fsp3) is 0.154. The Morgan fingerprint density at radius 2 is 2.05 bits per heavy atom. The van der Waals surface area contributed by atoms with Gasteiger partial charge in [-0.05, 0) is 36.8 Å². The summed E-state index contributed by atoms with van der Waals surface area (Å²) in [6.07, 6.45) is 1.20. The number of hydrogen-bond acceptors (Lipinski definition) is 5. The van der Waals surface area contributed by atoms with Gasteiger partial charge in [-0.15, -0.1) is 0 Å². The molecule has 9 heteroatoms. The lowest BCUT2D eigenvalue weighted by Crippen LogP contribution is -2.13. The van der Waals surface area contributed by atoms with E-state index in [4.69, 9.17) is 15.5 Å². The second kappa shape index (κ2) is 5.98. The van der Waals surface area contributed by atoms with Gasteiger partial charge in [0, 0.05) is 23.9 Å². The molecule has 0 saturated heterocycles. The van der Waals surface area contributed by atoms with Crippen LogP contribution in [-0.2, 0) is 20.9 Å². The summed E-state index contributed by atoms with van der Waals surface area (Å²) in [5.74, 6) is -1.19. The Hall–Kier alpha value is -2.06. The number of hydrogen-bond donors (Lipinski definition) is 1. The van der Waals surface area contributed by atoms with Crippen LogP contribution in [0.5, 0.6) is 0 Å². The minimum absolute atomic E-state index is 0.00874. The molecule has 0 radical (unpaired) electrons. The molecule has 1 aromatic heterocycles. The zero-order valence-electron chi connectivity index (χ0n) is 11.6. The Morgan fingerprint density at radius 3 is 2.59 bits per heavy atom. The highest BCUT2D eigenvalue weighted by atomic mass is 35.7. The number of aromatic nitrogens is 1. The van der Waals surface area contributed by atoms with E-state index < -0.39 is 15.0 Å². The van der Waals surface area contributed by atoms with Crippen molar-refractivity contribution in [3.05, 3.63) is 47.5 Å². The predicted octanol–water partition coefficient (Wildman–Crippen LogP) is 2.58. The number of carbonyl (C=O) groups excluding carboxylic acids is 1. The highest BCUT2D eigenvalue weighted by Crippen LogP contribution is 2.19. The van der Waals surface area contributed by atoms with E-state index in [9.17, 15) is 17.6 Å². The van der Waals surface area contributed by atoms with Gasteiger partial charge in [-0.2, -0.15) is 0 Å². The van der Waals surface area contributed by atoms with Crippen molar-refractivity contribution < 1.29 is 22.4 Å². The van der Waals surface area contributed by atoms with Gasteiger partial charge in [0.05, 0.1) is 5.69 Å². The monoisotopic (exact) mass is 346 g/mol. The molecular weight excluding hydrogens is 335 g/mol. The molecule has 0 amide bonds. The van der Waals surface area contributed by atoms with Gasteiger partial charge < -0.3 is 9.40 Å². The summed E-state index contributed by atoms with van der Waals surface area (Å²) in [7, 11) is 2.75. The summed E-state index contributed by atoms with van der Waals surface area (Å²) >= 11 is 0. The fourth-order valence-corrected chi connectivity index (χ4v) is 2.53. The molecule has 0 saturated carbocycles. The van der Waals surface area contributed by atoms with Crippen LogP contribution in [0.3, 0.4) is 0 Å². The molecule has 0 aliphatic heterocycles. The lowest BCUT2D eigenvalue weighted by molar-refractivity contribution is 0.0585. The molecule has 1 aromatic carbocycles. The third kappa shape index (κ3) is 3.58. The number of benzene rings is 1. The first kappa shape index (κ1) is 16.3. The van der Waals surface area contributed by atoms with Gasteiger partial charge in [0.2, 0.25) is 0 Å². The van der Waals surface area contributed by atoms with E-state index in [0.717, 1.165) is 6.07 Å². The molecule has 1 N–H and O–H groups in total. The molecule has 2 aromatic rings. The van der Waals surface area contributed by atoms with Crippen molar-refractivity contribution in [1.29, 1.82) is 0 Å². The molecular formula is C13H12ClFN2O4S. The molecule has 0 aliphatic rings. The van der Waals surface area contributed by atoms with Gasteiger partial charge in [0.25, 0.3) is 9.05 Å². The second-order valence-corrected chi connectivity index (χ2v) is 7.13. The third-order valence-corrected chi connectivity index (χ3v) is 4.21. The normalized spacial score (nSPS) is 11.3. The van der Waals surface area contributed by atoms with Crippen molar-refractivity contribution >= 4 is 31.4 Å². The zero-order valence-corrected chi connectivity index (χ0v) is 13.2. The molecule has 0 unspecified atom stereocenters. The molecule has 0 spiro atoms. The highest BCUT2D eigenvalue weighted by Gasteiger charge is 2.19. The largest absolute Gasteiger partial charge is 0.379 e. The van der Waals surface area contributed by atoms with E-state index in [1.54, 1.807) is 6.92 Å². The average molecular weight is 347 g/mol. The Labute approximate surface area is 130 Å². The molecule has 0 atom stereocenters. The summed E-state index contributed by atoms with van der Waals surface area (Å²) in [6.45, 7) is 1.57. The highest BCUT2D eigenvalue weighted by molar-refractivity contribution is 8.13. The smallest absolute Gasteiger partial charge is 0.344 e. The van der Waals surface area contributed by atoms with E-state index in [1.165, 1.54) is 36.0 Å². The van der Waals surface area contributed by atoms with Crippen LogP contribution in [-0.4, -0.2) is 19.0 Å². The van der Waals surface area contributed by atoms with E-state index in [2.05, 4.69) is 5.48 Å². The molecule has 1 heterocycles. The van der Waals surface area contributed by atoms with Crippen molar-refractivity contribution in [3.63, 3.8) is 0 Å². The van der Waals surface area contributed by atoms with E-state index in [0.29, 0.717) is 11.3 Å². The van der Waals surface area contributed by atoms with Gasteiger partial charge >= 0.3 is 5.97 Å². The first-order chi connectivity index (χ1) is 10.2. The summed E-state index contributed by atoms with van der Waals surface area (Å²) in [5.41, 5.74) is 3.13. The quantitative estimate of drug-likeness (QED) is 0.680. The Kier molecular flexibility index (Phi) is 4.43. The number of anilines is 1. The summed E-state index contributed by atoms with van der Waals surface area (Å²) < 4.78 is 36.8. The number of halogens is 2. The SMILES string of the molecule is Cc1cc(NOC(=O)c2cc(S(=O)(=O)Cl)cn2C)ccc1F. The number of aryl methyl sites for hydroxylation is 2. The minimum atomic E-state index is -3.93. The van der Waals surface area contributed by atoms with Crippen LogP contribution in [0.1, 0.15) is 16.1 Å². The molecule has 6 nitrogen and oxygen atoms in total. The summed E-state index contributed by atoms with van der Waals surface area (Å²) in [6, 6.07) is 5.19. The van der Waals surface area contributed by atoms with E-state index >= 15 is 0 Å². The molecule has 22 heavy (non-hydrogen) atoms. The van der Waals surface area contributed by atoms with Crippen molar-refractivity contribution in [1.82, 2.24) is 4.57 Å². The summed E-state index contributed by atoms with van der Waals surface area (Å²) in [4.78, 5) is 16.6. The topological polar surface area (TPSA) is 77.4 Å². The van der Waals surface area contributed by atoms with Crippen LogP contribution in [0.25, 0.3) is 0 Å². The molecule has 0 aliphatic carbocycles. The molecule has 0 fully saturated rings. The van der Waals surface area contributed by atoms with Gasteiger partial charge in [-0.3, -0.25) is 0 Å². The lowest BCUT2D eigenvalue weighted by atomic mass is 10.2. The number of rotatable bonds is 4. The Morgan fingerprint density at radius 1 is 1.36 bits per heavy atom. The van der Waals surface area contributed by atoms with Crippen molar-refractivity contribution in [2.24, 2.45) is 7.05 Å². The second-order valence-electron chi connectivity index (χ2n) is 4.57. The minimum Gasteiger partial charge on any atom is -0.344 e. The molecule has 118 valence electrons. The van der Waals surface area contributed by atoms with Gasteiger partial charge in [0.1, 0.15) is 16.4 Å². The number of nitrogens with zero attached hydrogens (tertiary/aromatic N) is 1. The molecule has 2 rings (SSSR count). The first-order valence-corrected chi connectivity index (χ1v) is 8.34. The van der Waals surface area contributed by atoms with Crippen LogP contribution in [0.2, 0.25) is 0 Å². The predicted molar refractivity (Wildman–Crippen MR) is 78.6 cm³/mol. The fourth-order valence-electron chi connectivity index (χ4n) is 1.74. The first-order valence-electron chi connectivity index (χ1n) is 6.03. The van der Waals surface area contributed by atoms with Crippen molar-refractivity contribution in [3.8, 4) is 0 Å². The Balaban J connectivity index is 2.13. The number of nitrogens with one attached hydrogen (secondary N) is 1. The maximum Gasteiger partial charge on any atom is 0.379 e. The third-order valence-electron chi connectivity index (χ3n) is 2.89. The zero-order chi connectivity index (χ0) is 16.5. The number of carbonyl (C=O) groups is 1. The maximum absolute atomic E-state index is 13.1. The van der Waals surface area contributed by atoms with Gasteiger partial charge in [-0.1, -0.05) is 0 Å². The van der Waals surface area contributed by atoms with Crippen LogP contribution < -0.4 is 5.48 Å². The van der Waals surface area contributed by atoms with E-state index in [-0.39, 0.29) is 16.4 Å². The van der Waals surface area contributed by atoms with Crippen LogP contribution in [0.4, 0.5) is 10.1 Å². The average Bonchev–Trinajstić information content (AvgIpc) is 2.82. The standard InChI is InChI=1S/C13H12ClFN2O4S/c1-8-5-9(3-4-11(8)15)16-21-13(18)12-6-10(7-17(12)2)22(14,19)20/h3-7,16H,1-2H3.